The van der Waals surface area contributed by atoms with Crippen molar-refractivity contribution in [3.63, 3.8) is 0 Å². The summed E-state index contributed by atoms with van der Waals surface area (Å²) in [5.41, 5.74) is 0. The van der Waals surface area contributed by atoms with Crippen molar-refractivity contribution in [1.82, 2.24) is 0 Å². The van der Waals surface area contributed by atoms with Gasteiger partial charge in [0.25, 0.3) is 0 Å². The number of rotatable bonds is 88. The molecule has 109 heavy (non-hydrogen) atoms. The highest BCUT2D eigenvalue weighted by molar-refractivity contribution is 7.47. The molecule has 0 radical (unpaired) electrons. The molecule has 0 saturated carbocycles. The normalized spacial score (nSPS) is 14.1. The Bertz CT molecular complexity index is 2100. The Labute approximate surface area is 670 Å². The molecule has 648 valence electrons. The molecule has 0 aromatic heterocycles. The summed E-state index contributed by atoms with van der Waals surface area (Å²) in [4.78, 5) is 73.4. The van der Waals surface area contributed by atoms with E-state index in [9.17, 15) is 43.2 Å². The summed E-state index contributed by atoms with van der Waals surface area (Å²) in [5, 5.41) is 10.7. The van der Waals surface area contributed by atoms with Gasteiger partial charge in [-0.2, -0.15) is 0 Å². The second-order valence-electron chi connectivity index (χ2n) is 33.5. The number of aliphatic hydroxyl groups excluding tert-OH is 1. The van der Waals surface area contributed by atoms with Crippen LogP contribution in [0.3, 0.4) is 0 Å². The molecule has 0 aliphatic heterocycles. The molecule has 0 spiro atoms. The summed E-state index contributed by atoms with van der Waals surface area (Å²) in [5.74, 6) is 0.292. The fraction of sp³-hybridized carbons (Fsp3) is 0.956. The van der Waals surface area contributed by atoms with E-state index in [1.54, 1.807) is 0 Å². The van der Waals surface area contributed by atoms with E-state index in [0.29, 0.717) is 25.7 Å². The first-order valence-corrected chi connectivity index (χ1v) is 49.4. The molecule has 0 aliphatic carbocycles. The van der Waals surface area contributed by atoms with Gasteiger partial charge in [-0.05, 0) is 43.4 Å². The molecule has 0 aliphatic rings. The van der Waals surface area contributed by atoms with Crippen LogP contribution in [-0.4, -0.2) is 96.7 Å². The van der Waals surface area contributed by atoms with Crippen molar-refractivity contribution in [2.75, 3.05) is 39.6 Å². The number of phosphoric ester groups is 2. The Morgan fingerprint density at radius 1 is 0.266 bits per heavy atom. The molecule has 19 heteroatoms. The van der Waals surface area contributed by atoms with Gasteiger partial charge in [0.2, 0.25) is 0 Å². The third-order valence-corrected chi connectivity index (χ3v) is 23.4. The van der Waals surface area contributed by atoms with Crippen LogP contribution in [0.2, 0.25) is 0 Å². The standard InChI is InChI=1S/C90H176O17P2/c1-8-10-11-12-13-14-15-16-17-18-19-23-26-32-37-42-50-57-64-71-87(92)100-77-85(106-89(94)73-66-59-52-43-38-33-27-24-21-20-22-25-31-36-41-49-56-63-70-83(7)9-2)79-104-108(96,97)102-75-84(91)76-103-109(98,99)105-80-86(78-101-88(93)72-65-58-51-46-45-48-55-62-69-82(5)6)107-90(95)74-67-60-53-44-39-34-29-28-30-35-40-47-54-61-68-81(3)4/h81-86,91H,8-80H2,1-7H3,(H,96,97)(H,98,99)/t83?,84-,85-,86-/m1/s1. The van der Waals surface area contributed by atoms with Gasteiger partial charge in [0.1, 0.15) is 19.3 Å². The van der Waals surface area contributed by atoms with E-state index in [1.807, 2.05) is 0 Å². The predicted octanol–water partition coefficient (Wildman–Crippen LogP) is 27.6. The maximum Gasteiger partial charge on any atom is 0.472 e. The molecular formula is C90H176O17P2. The van der Waals surface area contributed by atoms with Gasteiger partial charge in [0.15, 0.2) is 12.2 Å². The largest absolute Gasteiger partial charge is 0.472 e. The SMILES string of the molecule is CCCCCCCCCCCCCCCCCCCCCC(=O)OC[C@H](COP(=O)(O)OC[C@@H](O)COP(=O)(O)OC[C@@H](COC(=O)CCCCCCCCCCC(C)C)OC(=O)CCCCCCCCCCCCCCCCC(C)C)OC(=O)CCCCCCCCCCCCCCCCCCCCC(C)CC. The second-order valence-corrected chi connectivity index (χ2v) is 36.4. The van der Waals surface area contributed by atoms with Crippen LogP contribution in [0.15, 0.2) is 0 Å². The number of esters is 4. The van der Waals surface area contributed by atoms with Crippen molar-refractivity contribution in [3.8, 4) is 0 Å². The Balaban J connectivity index is 5.24. The monoisotopic (exact) mass is 1590 g/mol. The molecule has 0 heterocycles. The maximum atomic E-state index is 13.2. The first-order chi connectivity index (χ1) is 52.8. The van der Waals surface area contributed by atoms with Gasteiger partial charge < -0.3 is 33.8 Å². The summed E-state index contributed by atoms with van der Waals surface area (Å²) in [6.45, 7) is 12.1. The zero-order chi connectivity index (χ0) is 80.0. The third-order valence-electron chi connectivity index (χ3n) is 21.5. The molecular weight excluding hydrogens is 1410 g/mol. The summed E-state index contributed by atoms with van der Waals surface area (Å²) >= 11 is 0. The highest BCUT2D eigenvalue weighted by Gasteiger charge is 2.31. The highest BCUT2D eigenvalue weighted by Crippen LogP contribution is 2.45. The first-order valence-electron chi connectivity index (χ1n) is 46.4. The van der Waals surface area contributed by atoms with E-state index in [0.717, 1.165) is 108 Å². The Hall–Kier alpha value is -1.94. The smallest absolute Gasteiger partial charge is 0.462 e. The van der Waals surface area contributed by atoms with Gasteiger partial charge in [-0.3, -0.25) is 37.3 Å². The average molecular weight is 1590 g/mol. The van der Waals surface area contributed by atoms with E-state index in [4.69, 9.17) is 37.0 Å². The molecule has 0 fully saturated rings. The minimum Gasteiger partial charge on any atom is -0.462 e. The van der Waals surface area contributed by atoms with Crippen molar-refractivity contribution in [3.05, 3.63) is 0 Å². The van der Waals surface area contributed by atoms with Crippen LogP contribution in [0.5, 0.6) is 0 Å². The van der Waals surface area contributed by atoms with Gasteiger partial charge in [-0.1, -0.05) is 427 Å². The molecule has 0 bridgehead atoms. The van der Waals surface area contributed by atoms with Crippen molar-refractivity contribution in [2.24, 2.45) is 17.8 Å². The predicted molar refractivity (Wildman–Crippen MR) is 451 cm³/mol. The summed E-state index contributed by atoms with van der Waals surface area (Å²) in [6.07, 6.45) is 72.3. The number of ether oxygens (including phenoxy) is 4. The quantitative estimate of drug-likeness (QED) is 0.0222. The fourth-order valence-electron chi connectivity index (χ4n) is 14.0. The van der Waals surface area contributed by atoms with Gasteiger partial charge in [-0.25, -0.2) is 9.13 Å². The van der Waals surface area contributed by atoms with Gasteiger partial charge in [0, 0.05) is 25.7 Å². The Kier molecular flexibility index (Phi) is 78.5. The van der Waals surface area contributed by atoms with Crippen LogP contribution in [-0.2, 0) is 65.4 Å². The molecule has 0 saturated heterocycles. The number of carbonyl (C=O) groups excluding carboxylic acids is 4. The molecule has 3 N–H and O–H groups in total. The molecule has 17 nitrogen and oxygen atoms in total. The van der Waals surface area contributed by atoms with E-state index in [1.165, 1.54) is 289 Å². The topological polar surface area (TPSA) is 237 Å². The summed E-state index contributed by atoms with van der Waals surface area (Å²) in [6, 6.07) is 0. The Morgan fingerprint density at radius 2 is 0.468 bits per heavy atom. The van der Waals surface area contributed by atoms with Crippen LogP contribution in [0.25, 0.3) is 0 Å². The lowest BCUT2D eigenvalue weighted by Gasteiger charge is -2.21. The number of unbranched alkanes of at least 4 members (excludes halogenated alkanes) is 55. The van der Waals surface area contributed by atoms with E-state index in [-0.39, 0.29) is 25.7 Å². The van der Waals surface area contributed by atoms with E-state index >= 15 is 0 Å². The lowest BCUT2D eigenvalue weighted by atomic mass is 9.99. The van der Waals surface area contributed by atoms with Crippen LogP contribution < -0.4 is 0 Å². The molecule has 0 rings (SSSR count). The Morgan fingerprint density at radius 3 is 0.697 bits per heavy atom. The zero-order valence-electron chi connectivity index (χ0n) is 72.0. The number of phosphoric acid groups is 2. The lowest BCUT2D eigenvalue weighted by Crippen LogP contribution is -2.30. The second kappa shape index (κ2) is 79.9. The van der Waals surface area contributed by atoms with E-state index < -0.39 is 97.5 Å². The molecule has 3 unspecified atom stereocenters. The summed E-state index contributed by atoms with van der Waals surface area (Å²) in [7, 11) is -9.93. The van der Waals surface area contributed by atoms with Crippen molar-refractivity contribution < 1.29 is 80.2 Å². The number of hydrogen-bond donors (Lipinski definition) is 3. The van der Waals surface area contributed by atoms with Crippen LogP contribution in [0.4, 0.5) is 0 Å². The minimum atomic E-state index is -4.97. The van der Waals surface area contributed by atoms with Crippen LogP contribution in [0.1, 0.15) is 479 Å². The molecule has 0 aromatic rings. The van der Waals surface area contributed by atoms with Crippen molar-refractivity contribution >= 4 is 39.5 Å². The van der Waals surface area contributed by atoms with Crippen molar-refractivity contribution in [1.29, 1.82) is 0 Å². The highest BCUT2D eigenvalue weighted by atomic mass is 31.2. The number of carbonyl (C=O) groups is 4. The number of hydrogen-bond acceptors (Lipinski definition) is 15. The van der Waals surface area contributed by atoms with E-state index in [2.05, 4.69) is 48.5 Å². The van der Waals surface area contributed by atoms with Gasteiger partial charge in [-0.15, -0.1) is 0 Å². The van der Waals surface area contributed by atoms with Crippen LogP contribution in [0, 0.1) is 17.8 Å². The third kappa shape index (κ3) is 82.4. The fourth-order valence-corrected chi connectivity index (χ4v) is 15.6. The van der Waals surface area contributed by atoms with Crippen LogP contribution >= 0.6 is 15.6 Å². The van der Waals surface area contributed by atoms with Gasteiger partial charge in [0.05, 0.1) is 26.4 Å². The molecule has 0 amide bonds. The zero-order valence-corrected chi connectivity index (χ0v) is 73.8. The minimum absolute atomic E-state index is 0.107. The average Bonchev–Trinajstić information content (AvgIpc) is 0.901. The summed E-state index contributed by atoms with van der Waals surface area (Å²) < 4.78 is 69.0. The first kappa shape index (κ1) is 107. The molecule has 6 atom stereocenters. The van der Waals surface area contributed by atoms with Gasteiger partial charge >= 0.3 is 39.5 Å². The molecule has 0 aromatic carbocycles. The van der Waals surface area contributed by atoms with Crippen molar-refractivity contribution in [2.45, 2.75) is 497 Å². The lowest BCUT2D eigenvalue weighted by molar-refractivity contribution is -0.161. The maximum absolute atomic E-state index is 13.2. The number of aliphatic hydroxyl groups is 1.